The first-order valence-electron chi connectivity index (χ1n) is 13.0. The molecule has 41 heavy (non-hydrogen) atoms. The van der Waals surface area contributed by atoms with Gasteiger partial charge in [-0.2, -0.15) is 5.26 Å². The van der Waals surface area contributed by atoms with Crippen LogP contribution in [0.4, 0.5) is 11.4 Å². The van der Waals surface area contributed by atoms with Gasteiger partial charge in [-0.25, -0.2) is 0 Å². The number of carbonyl (C=O) groups excluding carboxylic acids is 1. The highest BCUT2D eigenvalue weighted by atomic mass is 35.5. The number of anilines is 1. The van der Waals surface area contributed by atoms with E-state index in [1.54, 1.807) is 40.9 Å². The summed E-state index contributed by atoms with van der Waals surface area (Å²) in [7, 11) is 0. The number of ketones is 1. The molecule has 1 aliphatic carbocycles. The van der Waals surface area contributed by atoms with Gasteiger partial charge in [-0.15, -0.1) is 11.8 Å². The number of halogens is 2. The molecule has 10 heteroatoms. The van der Waals surface area contributed by atoms with Crippen LogP contribution in [0.1, 0.15) is 47.4 Å². The Morgan fingerprint density at radius 2 is 1.90 bits per heavy atom. The fraction of sp³-hybridized carbons (Fsp3) is 0.226. The number of nitro groups is 1. The van der Waals surface area contributed by atoms with Crippen LogP contribution in [0, 0.1) is 35.3 Å². The molecule has 0 bridgehead atoms. The fourth-order valence-electron chi connectivity index (χ4n) is 5.56. The average molecular weight is 606 g/mol. The van der Waals surface area contributed by atoms with Crippen molar-refractivity contribution >= 4 is 52.1 Å². The number of nitrogens with zero attached hydrogens (tertiary/aromatic N) is 3. The Morgan fingerprint density at radius 1 is 1.12 bits per heavy atom. The maximum absolute atomic E-state index is 13.6. The van der Waals surface area contributed by atoms with E-state index in [2.05, 4.69) is 18.2 Å². The minimum atomic E-state index is -0.642. The fourth-order valence-corrected chi connectivity index (χ4v) is 7.12. The Labute approximate surface area is 252 Å². The van der Waals surface area contributed by atoms with Crippen molar-refractivity contribution in [1.29, 1.82) is 5.26 Å². The van der Waals surface area contributed by atoms with E-state index in [1.165, 1.54) is 12.1 Å². The predicted molar refractivity (Wildman–Crippen MR) is 163 cm³/mol. The van der Waals surface area contributed by atoms with E-state index in [0.717, 1.165) is 27.1 Å². The van der Waals surface area contributed by atoms with Gasteiger partial charge >= 0.3 is 0 Å². The van der Waals surface area contributed by atoms with E-state index in [0.29, 0.717) is 52.0 Å². The zero-order chi connectivity index (χ0) is 29.4. The molecule has 5 rings (SSSR count). The number of nitriles is 1. The molecular weight excluding hydrogens is 579 g/mol. The van der Waals surface area contributed by atoms with Gasteiger partial charge in [0.15, 0.2) is 5.78 Å². The van der Waals surface area contributed by atoms with Crippen molar-refractivity contribution in [3.63, 3.8) is 0 Å². The summed E-state index contributed by atoms with van der Waals surface area (Å²) in [4.78, 5) is 27.1. The smallest absolute Gasteiger partial charge is 0.271 e. The number of allylic oxidation sites excluding steroid dienone is 3. The van der Waals surface area contributed by atoms with Crippen molar-refractivity contribution in [2.24, 2.45) is 5.73 Å². The second-order valence-electron chi connectivity index (χ2n) is 10.1. The molecule has 3 aromatic carbocycles. The third kappa shape index (κ3) is 5.45. The van der Waals surface area contributed by atoms with Crippen molar-refractivity contribution in [1.82, 2.24) is 0 Å². The van der Waals surface area contributed by atoms with Crippen LogP contribution in [0.3, 0.4) is 0 Å². The van der Waals surface area contributed by atoms with Crippen LogP contribution in [-0.4, -0.2) is 10.7 Å². The average Bonchev–Trinajstić information content (AvgIpc) is 2.94. The number of rotatable bonds is 6. The molecule has 0 spiro atoms. The lowest BCUT2D eigenvalue weighted by atomic mass is 9.74. The van der Waals surface area contributed by atoms with Gasteiger partial charge in [0.05, 0.1) is 33.2 Å². The number of aryl methyl sites for hydroxylation is 2. The number of benzene rings is 3. The lowest BCUT2D eigenvalue weighted by molar-refractivity contribution is -0.384. The third-order valence-corrected chi connectivity index (χ3v) is 9.30. The molecule has 208 valence electrons. The molecule has 1 aliphatic heterocycles. The lowest BCUT2D eigenvalue weighted by Gasteiger charge is -2.40. The summed E-state index contributed by atoms with van der Waals surface area (Å²) >= 11 is 14.1. The molecule has 0 aromatic heterocycles. The quantitative estimate of drug-likeness (QED) is 0.172. The Morgan fingerprint density at radius 3 is 2.63 bits per heavy atom. The minimum absolute atomic E-state index is 0.0476. The molecule has 0 fully saturated rings. The maximum Gasteiger partial charge on any atom is 0.271 e. The molecular formula is C31H26Cl2N4O3S. The van der Waals surface area contributed by atoms with Crippen molar-refractivity contribution in [3.05, 3.63) is 120 Å². The first-order chi connectivity index (χ1) is 19.6. The van der Waals surface area contributed by atoms with E-state index >= 15 is 0 Å². The van der Waals surface area contributed by atoms with Crippen molar-refractivity contribution in [2.75, 3.05) is 4.90 Å². The van der Waals surface area contributed by atoms with E-state index in [-0.39, 0.29) is 22.9 Å². The van der Waals surface area contributed by atoms with Crippen LogP contribution >= 0.6 is 35.0 Å². The second-order valence-corrected chi connectivity index (χ2v) is 12.0. The highest BCUT2D eigenvalue weighted by Crippen LogP contribution is 2.48. The highest BCUT2D eigenvalue weighted by Gasteiger charge is 2.41. The molecule has 2 N–H and O–H groups in total. The SMILES string of the molecule is Cc1cc(C)c(C2C(C#N)=C(N)N(c3cccc([N+](=O)[O-])c3)C3=C2C(=O)CCC3)cc1CSc1cc(Cl)ccc1Cl. The summed E-state index contributed by atoms with van der Waals surface area (Å²) in [5.41, 5.74) is 12.4. The van der Waals surface area contributed by atoms with Gasteiger partial charge in [0.1, 0.15) is 5.82 Å². The highest BCUT2D eigenvalue weighted by molar-refractivity contribution is 7.98. The van der Waals surface area contributed by atoms with Crippen molar-refractivity contribution in [2.45, 2.75) is 49.7 Å². The van der Waals surface area contributed by atoms with Crippen LogP contribution in [0.25, 0.3) is 0 Å². The number of carbonyl (C=O) groups is 1. The summed E-state index contributed by atoms with van der Waals surface area (Å²) in [5, 5.41) is 23.1. The Kier molecular flexibility index (Phi) is 8.14. The lowest BCUT2D eigenvalue weighted by Crippen LogP contribution is -2.39. The van der Waals surface area contributed by atoms with Crippen LogP contribution in [0.5, 0.6) is 0 Å². The van der Waals surface area contributed by atoms with Gasteiger partial charge in [0.25, 0.3) is 5.69 Å². The van der Waals surface area contributed by atoms with Gasteiger partial charge in [0.2, 0.25) is 0 Å². The molecule has 0 radical (unpaired) electrons. The van der Waals surface area contributed by atoms with Gasteiger partial charge in [0, 0.05) is 45.5 Å². The van der Waals surface area contributed by atoms with E-state index in [9.17, 15) is 20.2 Å². The van der Waals surface area contributed by atoms with Gasteiger partial charge in [-0.05, 0) is 73.2 Å². The molecule has 1 atom stereocenters. The van der Waals surface area contributed by atoms with Crippen LogP contribution in [-0.2, 0) is 10.5 Å². The van der Waals surface area contributed by atoms with E-state index < -0.39 is 10.8 Å². The minimum Gasteiger partial charge on any atom is -0.384 e. The van der Waals surface area contributed by atoms with Crippen molar-refractivity contribution < 1.29 is 9.72 Å². The largest absolute Gasteiger partial charge is 0.384 e. The van der Waals surface area contributed by atoms with Crippen LogP contribution < -0.4 is 10.6 Å². The Hall–Kier alpha value is -3.77. The first-order valence-corrected chi connectivity index (χ1v) is 14.7. The van der Waals surface area contributed by atoms with Gasteiger partial charge in [-0.1, -0.05) is 41.4 Å². The number of Topliss-reactive ketones (excluding diaryl/α,β-unsaturated/α-hetero) is 1. The summed E-state index contributed by atoms with van der Waals surface area (Å²) in [6.45, 7) is 4.00. The molecule has 0 saturated heterocycles. The molecule has 0 saturated carbocycles. The van der Waals surface area contributed by atoms with Crippen LogP contribution in [0.15, 0.2) is 82.2 Å². The number of non-ortho nitro benzene ring substituents is 1. The third-order valence-electron chi connectivity index (χ3n) is 7.52. The van der Waals surface area contributed by atoms with Crippen LogP contribution in [0.2, 0.25) is 10.0 Å². The number of nitrogens with two attached hydrogens (primary N) is 1. The molecule has 0 amide bonds. The maximum atomic E-state index is 13.6. The first kappa shape index (κ1) is 28.7. The second kappa shape index (κ2) is 11.6. The van der Waals surface area contributed by atoms with Crippen molar-refractivity contribution in [3.8, 4) is 6.07 Å². The Balaban J connectivity index is 1.63. The topological polar surface area (TPSA) is 113 Å². The van der Waals surface area contributed by atoms with E-state index in [4.69, 9.17) is 28.9 Å². The van der Waals surface area contributed by atoms with E-state index in [1.807, 2.05) is 19.9 Å². The zero-order valence-electron chi connectivity index (χ0n) is 22.4. The summed E-state index contributed by atoms with van der Waals surface area (Å²) in [6.07, 6.45) is 1.54. The summed E-state index contributed by atoms with van der Waals surface area (Å²) in [6, 6.07) is 17.8. The van der Waals surface area contributed by atoms with Gasteiger partial charge < -0.3 is 5.73 Å². The molecule has 3 aromatic rings. The standard InChI is InChI=1S/C31H26Cl2N4O3S/c1-17-11-18(2)23(12-19(17)16-41-28-13-20(32)9-10-25(28)33)29-24(15-34)31(35)36(26-7-4-8-27(38)30(26)29)21-5-3-6-22(14-21)37(39)40/h3,5-6,9-14,29H,4,7-8,16,35H2,1-2H3. The number of hydrogen-bond donors (Lipinski definition) is 1. The molecule has 1 heterocycles. The zero-order valence-corrected chi connectivity index (χ0v) is 24.7. The predicted octanol–water partition coefficient (Wildman–Crippen LogP) is 8.12. The number of thioether (sulfide) groups is 1. The molecule has 2 aliphatic rings. The Bertz CT molecular complexity index is 1710. The summed E-state index contributed by atoms with van der Waals surface area (Å²) in [5.74, 6) is 0.0885. The summed E-state index contributed by atoms with van der Waals surface area (Å²) < 4.78 is 0. The number of hydrogen-bond acceptors (Lipinski definition) is 7. The monoisotopic (exact) mass is 604 g/mol. The molecule has 7 nitrogen and oxygen atoms in total. The molecule has 1 unspecified atom stereocenters. The number of nitro benzene ring substituents is 1. The normalized spacial score (nSPS) is 17.0. The van der Waals surface area contributed by atoms with Gasteiger partial charge in [-0.3, -0.25) is 19.8 Å².